The maximum absolute atomic E-state index is 12.7. The third kappa shape index (κ3) is 4.70. The van der Waals surface area contributed by atoms with Crippen molar-refractivity contribution in [1.82, 2.24) is 15.0 Å². The number of hydrogen-bond acceptors (Lipinski definition) is 6. The van der Waals surface area contributed by atoms with Crippen molar-refractivity contribution in [3.05, 3.63) is 93.1 Å². The summed E-state index contributed by atoms with van der Waals surface area (Å²) in [6, 6.07) is 13.4. The fourth-order valence-corrected chi connectivity index (χ4v) is 3.48. The number of H-pyrrole nitrogens is 1. The number of carbonyl (C=O) groups excluding carboxylic acids is 1. The SMILES string of the molecule is CC(Nc1cc(C(N)=O)ccn1)c1cc2cc(Cl)c(OCc3ccccn3)cc2[nH]c1=O. The van der Waals surface area contributed by atoms with E-state index in [1.54, 1.807) is 24.4 Å². The van der Waals surface area contributed by atoms with Gasteiger partial charge in [-0.3, -0.25) is 14.6 Å². The smallest absolute Gasteiger partial charge is 0.253 e. The van der Waals surface area contributed by atoms with Gasteiger partial charge < -0.3 is 20.8 Å². The van der Waals surface area contributed by atoms with Gasteiger partial charge in [-0.25, -0.2) is 4.98 Å². The molecular formula is C23H20ClN5O3. The number of primary amides is 1. The van der Waals surface area contributed by atoms with Crippen molar-refractivity contribution in [3.63, 3.8) is 0 Å². The van der Waals surface area contributed by atoms with Gasteiger partial charge >= 0.3 is 0 Å². The number of halogens is 1. The molecule has 0 saturated carbocycles. The van der Waals surface area contributed by atoms with Crippen molar-refractivity contribution in [2.45, 2.75) is 19.6 Å². The molecule has 0 saturated heterocycles. The molecule has 162 valence electrons. The van der Waals surface area contributed by atoms with Gasteiger partial charge in [-0.05, 0) is 43.3 Å². The number of carbonyl (C=O) groups is 1. The summed E-state index contributed by atoms with van der Waals surface area (Å²) in [7, 11) is 0. The quantitative estimate of drug-likeness (QED) is 0.394. The number of ether oxygens (including phenoxy) is 1. The van der Waals surface area contributed by atoms with E-state index in [-0.39, 0.29) is 12.2 Å². The summed E-state index contributed by atoms with van der Waals surface area (Å²) in [5.74, 6) is 0.332. The number of pyridine rings is 3. The Balaban J connectivity index is 1.58. The average molecular weight is 450 g/mol. The molecule has 32 heavy (non-hydrogen) atoms. The van der Waals surface area contributed by atoms with E-state index >= 15 is 0 Å². The van der Waals surface area contributed by atoms with Gasteiger partial charge in [0.25, 0.3) is 5.56 Å². The molecule has 4 aromatic rings. The lowest BCUT2D eigenvalue weighted by Crippen LogP contribution is -2.20. The summed E-state index contributed by atoms with van der Waals surface area (Å²) >= 11 is 6.41. The lowest BCUT2D eigenvalue weighted by atomic mass is 10.1. The Kier molecular flexibility index (Phi) is 6.04. The van der Waals surface area contributed by atoms with Crippen LogP contribution in [0.2, 0.25) is 5.02 Å². The van der Waals surface area contributed by atoms with E-state index in [1.807, 2.05) is 25.1 Å². The first-order valence-corrected chi connectivity index (χ1v) is 10.2. The van der Waals surface area contributed by atoms with E-state index in [4.69, 9.17) is 22.1 Å². The van der Waals surface area contributed by atoms with Crippen LogP contribution in [0, 0.1) is 0 Å². The first-order valence-electron chi connectivity index (χ1n) is 9.82. The Bertz CT molecular complexity index is 1340. The standard InChI is InChI=1S/C23H20ClN5O3/c1-13(28-21-10-14(22(25)30)5-7-27-21)17-8-15-9-18(24)20(11-19(15)29-23(17)31)32-12-16-4-2-3-6-26-16/h2-11,13H,12H2,1H3,(H2,25,30)(H,27,28)(H,29,31). The minimum atomic E-state index is -0.553. The Morgan fingerprint density at radius 1 is 1.19 bits per heavy atom. The second kappa shape index (κ2) is 9.07. The zero-order valence-corrected chi connectivity index (χ0v) is 17.9. The van der Waals surface area contributed by atoms with Crippen LogP contribution in [0.4, 0.5) is 5.82 Å². The molecule has 8 nitrogen and oxygen atoms in total. The van der Waals surface area contributed by atoms with Crippen molar-refractivity contribution in [2.24, 2.45) is 5.73 Å². The third-order valence-electron chi connectivity index (χ3n) is 4.90. The largest absolute Gasteiger partial charge is 0.486 e. The summed E-state index contributed by atoms with van der Waals surface area (Å²) in [6.45, 7) is 2.08. The van der Waals surface area contributed by atoms with Gasteiger partial charge in [-0.1, -0.05) is 17.7 Å². The van der Waals surface area contributed by atoms with Gasteiger partial charge in [-0.2, -0.15) is 0 Å². The minimum absolute atomic E-state index is 0.257. The lowest BCUT2D eigenvalue weighted by molar-refractivity contribution is 0.1000. The molecule has 1 unspecified atom stereocenters. The molecule has 1 aromatic carbocycles. The molecule has 0 bridgehead atoms. The highest BCUT2D eigenvalue weighted by Gasteiger charge is 2.14. The summed E-state index contributed by atoms with van der Waals surface area (Å²) in [5.41, 5.74) is 7.23. The molecule has 0 aliphatic heterocycles. The molecule has 0 radical (unpaired) electrons. The van der Waals surface area contributed by atoms with Gasteiger partial charge in [0.15, 0.2) is 0 Å². The predicted molar refractivity (Wildman–Crippen MR) is 123 cm³/mol. The maximum Gasteiger partial charge on any atom is 0.253 e. The molecular weight excluding hydrogens is 430 g/mol. The number of aromatic nitrogens is 3. The molecule has 0 spiro atoms. The lowest BCUT2D eigenvalue weighted by Gasteiger charge is -2.16. The molecule has 1 amide bonds. The number of nitrogens with two attached hydrogens (primary N) is 1. The fourth-order valence-electron chi connectivity index (χ4n) is 3.25. The Hall–Kier alpha value is -3.91. The molecule has 4 rings (SSSR count). The molecule has 0 aliphatic carbocycles. The van der Waals surface area contributed by atoms with Crippen LogP contribution < -0.4 is 21.3 Å². The van der Waals surface area contributed by atoms with Gasteiger partial charge in [0.2, 0.25) is 5.91 Å². The van der Waals surface area contributed by atoms with E-state index in [0.29, 0.717) is 33.2 Å². The van der Waals surface area contributed by atoms with Gasteiger partial charge in [0, 0.05) is 35.0 Å². The van der Waals surface area contributed by atoms with Crippen LogP contribution in [0.1, 0.15) is 34.6 Å². The monoisotopic (exact) mass is 449 g/mol. The Morgan fingerprint density at radius 3 is 2.78 bits per heavy atom. The molecule has 0 aliphatic rings. The van der Waals surface area contributed by atoms with Gasteiger partial charge in [0.1, 0.15) is 18.2 Å². The highest BCUT2D eigenvalue weighted by Crippen LogP contribution is 2.30. The minimum Gasteiger partial charge on any atom is -0.486 e. The summed E-state index contributed by atoms with van der Waals surface area (Å²) in [6.07, 6.45) is 3.17. The first-order chi connectivity index (χ1) is 15.4. The number of aromatic amines is 1. The van der Waals surface area contributed by atoms with Gasteiger partial charge in [-0.15, -0.1) is 0 Å². The van der Waals surface area contributed by atoms with Crippen LogP contribution in [-0.4, -0.2) is 20.9 Å². The average Bonchev–Trinajstić information content (AvgIpc) is 2.78. The van der Waals surface area contributed by atoms with Crippen molar-refractivity contribution in [3.8, 4) is 5.75 Å². The van der Waals surface area contributed by atoms with Crippen molar-refractivity contribution in [2.75, 3.05) is 5.32 Å². The Labute approximate surface area is 188 Å². The number of rotatable bonds is 7. The van der Waals surface area contributed by atoms with Crippen LogP contribution in [0.15, 0.2) is 65.7 Å². The topological polar surface area (TPSA) is 123 Å². The predicted octanol–water partition coefficient (Wildman–Crippen LogP) is 3.82. The number of hydrogen-bond donors (Lipinski definition) is 3. The van der Waals surface area contributed by atoms with E-state index in [1.165, 1.54) is 18.3 Å². The summed E-state index contributed by atoms with van der Waals surface area (Å²) in [4.78, 5) is 35.4. The number of fused-ring (bicyclic) bond motifs is 1. The molecule has 3 aromatic heterocycles. The highest BCUT2D eigenvalue weighted by molar-refractivity contribution is 6.32. The van der Waals surface area contributed by atoms with Crippen LogP contribution in [0.5, 0.6) is 5.75 Å². The third-order valence-corrected chi connectivity index (χ3v) is 5.20. The second-order valence-electron chi connectivity index (χ2n) is 7.19. The van der Waals surface area contributed by atoms with E-state index < -0.39 is 11.9 Å². The normalized spacial score (nSPS) is 11.8. The van der Waals surface area contributed by atoms with Crippen LogP contribution in [-0.2, 0) is 6.61 Å². The number of nitrogens with zero attached hydrogens (tertiary/aromatic N) is 2. The number of benzene rings is 1. The number of anilines is 1. The fraction of sp³-hybridized carbons (Fsp3) is 0.130. The highest BCUT2D eigenvalue weighted by atomic mass is 35.5. The molecule has 0 fully saturated rings. The zero-order chi connectivity index (χ0) is 22.7. The zero-order valence-electron chi connectivity index (χ0n) is 17.1. The Morgan fingerprint density at radius 2 is 2.03 bits per heavy atom. The van der Waals surface area contributed by atoms with Crippen molar-refractivity contribution < 1.29 is 9.53 Å². The number of nitrogens with one attached hydrogen (secondary N) is 2. The maximum atomic E-state index is 12.7. The van der Waals surface area contributed by atoms with Crippen LogP contribution >= 0.6 is 11.6 Å². The van der Waals surface area contributed by atoms with E-state index in [9.17, 15) is 9.59 Å². The molecule has 4 N–H and O–H groups in total. The molecule has 3 heterocycles. The summed E-state index contributed by atoms with van der Waals surface area (Å²) in [5, 5.41) is 4.29. The summed E-state index contributed by atoms with van der Waals surface area (Å²) < 4.78 is 5.78. The van der Waals surface area contributed by atoms with E-state index in [0.717, 1.165) is 11.1 Å². The molecule has 1 atom stereocenters. The van der Waals surface area contributed by atoms with E-state index in [2.05, 4.69) is 20.3 Å². The van der Waals surface area contributed by atoms with Crippen molar-refractivity contribution >= 4 is 34.2 Å². The van der Waals surface area contributed by atoms with Crippen LogP contribution in [0.25, 0.3) is 10.9 Å². The number of amides is 1. The van der Waals surface area contributed by atoms with Crippen molar-refractivity contribution in [1.29, 1.82) is 0 Å². The molecule has 9 heteroatoms. The second-order valence-corrected chi connectivity index (χ2v) is 7.60. The van der Waals surface area contributed by atoms with Gasteiger partial charge in [0.05, 0.1) is 22.3 Å². The van der Waals surface area contributed by atoms with Crippen LogP contribution in [0.3, 0.4) is 0 Å². The first kappa shape index (κ1) is 21.3.